The predicted octanol–water partition coefficient (Wildman–Crippen LogP) is 13.6. The number of anilines is 3. The van der Waals surface area contributed by atoms with Gasteiger partial charge in [0.2, 0.25) is 5.95 Å². The van der Waals surface area contributed by atoms with Crippen molar-refractivity contribution in [2.45, 2.75) is 0 Å². The number of aromatic nitrogens is 3. The molecule has 0 spiro atoms. The van der Waals surface area contributed by atoms with Gasteiger partial charge in [0.05, 0.1) is 28.1 Å². The van der Waals surface area contributed by atoms with Gasteiger partial charge in [-0.25, -0.2) is 9.97 Å². The number of furan rings is 1. The van der Waals surface area contributed by atoms with Crippen LogP contribution >= 0.6 is 0 Å². The predicted molar refractivity (Wildman–Crippen MR) is 227 cm³/mol. The Morgan fingerprint density at radius 2 is 1.14 bits per heavy atom. The van der Waals surface area contributed by atoms with E-state index in [-0.39, 0.29) is 0 Å². The molecule has 0 unspecified atom stereocenters. The van der Waals surface area contributed by atoms with Crippen molar-refractivity contribution < 1.29 is 13.9 Å². The van der Waals surface area contributed by atoms with Crippen LogP contribution in [0.4, 0.5) is 17.1 Å². The van der Waals surface area contributed by atoms with E-state index in [1.807, 2.05) is 60.7 Å². The lowest BCUT2D eigenvalue weighted by molar-refractivity contribution is 0.449. The molecule has 0 aliphatic carbocycles. The van der Waals surface area contributed by atoms with Crippen molar-refractivity contribution in [2.24, 2.45) is 0 Å². The number of ether oxygens (including phenoxy) is 2. The van der Waals surface area contributed by atoms with E-state index in [4.69, 9.17) is 23.9 Å². The monoisotopic (exact) mass is 732 g/mol. The minimum absolute atomic E-state index is 0.549. The van der Waals surface area contributed by atoms with E-state index in [0.29, 0.717) is 11.7 Å². The first-order chi connectivity index (χ1) is 28.3. The number of nitrogens with zero attached hydrogens (tertiary/aromatic N) is 4. The van der Waals surface area contributed by atoms with Crippen molar-refractivity contribution in [2.75, 3.05) is 4.90 Å². The quantitative estimate of drug-likeness (QED) is 0.180. The zero-order chi connectivity index (χ0) is 37.2. The van der Waals surface area contributed by atoms with E-state index < -0.39 is 0 Å². The minimum Gasteiger partial charge on any atom is -0.455 e. The maximum absolute atomic E-state index is 6.95. The third-order valence-corrected chi connectivity index (χ3v) is 11.4. The maximum Gasteiger partial charge on any atom is 0.235 e. The van der Waals surface area contributed by atoms with E-state index in [0.717, 1.165) is 111 Å². The van der Waals surface area contributed by atoms with Gasteiger partial charge in [-0.1, -0.05) is 121 Å². The molecule has 0 bridgehead atoms. The standard InChI is InChI=1S/C50H28N4O3/c1-4-17-37-35(14-1)45(30-26-24-29(25-27-30)31-15-11-16-34-33-13-3-8-21-41(33)56-48(31)34)52-50(51-37)54-38-18-5-2-12-32(38)36-28-44-47-49(46(36)54)57-43-23-10-7-20-40(43)53(47)39-19-6-9-22-42(39)55-44/h1-28H. The van der Waals surface area contributed by atoms with E-state index in [1.165, 1.54) is 0 Å². The normalized spacial score (nSPS) is 12.8. The van der Waals surface area contributed by atoms with Crippen molar-refractivity contribution in [3.63, 3.8) is 0 Å². The van der Waals surface area contributed by atoms with Gasteiger partial charge in [-0.2, -0.15) is 0 Å². The summed E-state index contributed by atoms with van der Waals surface area (Å²) in [6, 6.07) is 58.2. The highest BCUT2D eigenvalue weighted by Crippen LogP contribution is 2.62. The highest BCUT2D eigenvalue weighted by atomic mass is 16.5. The molecule has 0 amide bonds. The second kappa shape index (κ2) is 11.3. The molecule has 0 atom stereocenters. The van der Waals surface area contributed by atoms with Crippen LogP contribution in [0.25, 0.3) is 83.0 Å². The number of benzene rings is 8. The highest BCUT2D eigenvalue weighted by molar-refractivity contribution is 6.16. The smallest absolute Gasteiger partial charge is 0.235 e. The molecule has 2 aliphatic rings. The highest BCUT2D eigenvalue weighted by Gasteiger charge is 2.37. The second-order valence-electron chi connectivity index (χ2n) is 14.5. The average molecular weight is 733 g/mol. The molecule has 5 heterocycles. The lowest BCUT2D eigenvalue weighted by Gasteiger charge is -2.38. The Kier molecular flexibility index (Phi) is 6.04. The van der Waals surface area contributed by atoms with Gasteiger partial charge in [-0.15, -0.1) is 0 Å². The molecular weight excluding hydrogens is 705 g/mol. The second-order valence-corrected chi connectivity index (χ2v) is 14.5. The third kappa shape index (κ3) is 4.25. The van der Waals surface area contributed by atoms with Crippen LogP contribution in [0.2, 0.25) is 0 Å². The van der Waals surface area contributed by atoms with Crippen LogP contribution < -0.4 is 14.4 Å². The molecule has 266 valence electrons. The van der Waals surface area contributed by atoms with Crippen LogP contribution in [-0.2, 0) is 0 Å². The van der Waals surface area contributed by atoms with Crippen molar-refractivity contribution in [3.8, 4) is 51.3 Å². The molecule has 7 nitrogen and oxygen atoms in total. The molecule has 3 aromatic heterocycles. The summed E-state index contributed by atoms with van der Waals surface area (Å²) >= 11 is 0. The maximum atomic E-state index is 6.95. The lowest BCUT2D eigenvalue weighted by atomic mass is 9.99. The molecule has 57 heavy (non-hydrogen) atoms. The van der Waals surface area contributed by atoms with E-state index in [2.05, 4.69) is 119 Å². The fourth-order valence-corrected chi connectivity index (χ4v) is 8.87. The van der Waals surface area contributed by atoms with Crippen molar-refractivity contribution in [3.05, 3.63) is 170 Å². The first-order valence-electron chi connectivity index (χ1n) is 19.0. The Morgan fingerprint density at radius 1 is 0.474 bits per heavy atom. The van der Waals surface area contributed by atoms with Crippen LogP contribution in [0.15, 0.2) is 174 Å². The average Bonchev–Trinajstić information content (AvgIpc) is 3.82. The van der Waals surface area contributed by atoms with Gasteiger partial charge >= 0.3 is 0 Å². The van der Waals surface area contributed by atoms with Crippen molar-refractivity contribution in [1.29, 1.82) is 0 Å². The minimum atomic E-state index is 0.549. The van der Waals surface area contributed by atoms with Crippen LogP contribution in [0.3, 0.4) is 0 Å². The van der Waals surface area contributed by atoms with Gasteiger partial charge < -0.3 is 13.9 Å². The van der Waals surface area contributed by atoms with Crippen LogP contribution in [0, 0.1) is 0 Å². The molecule has 2 aliphatic heterocycles. The summed E-state index contributed by atoms with van der Waals surface area (Å²) in [4.78, 5) is 13.0. The number of hydrogen-bond acceptors (Lipinski definition) is 6. The molecular formula is C50H28N4O3. The first-order valence-corrected chi connectivity index (χ1v) is 19.0. The molecule has 0 fully saturated rings. The Morgan fingerprint density at radius 3 is 1.98 bits per heavy atom. The van der Waals surface area contributed by atoms with E-state index in [1.54, 1.807) is 0 Å². The van der Waals surface area contributed by atoms with Crippen LogP contribution in [0.1, 0.15) is 0 Å². The zero-order valence-corrected chi connectivity index (χ0v) is 30.2. The zero-order valence-electron chi connectivity index (χ0n) is 30.2. The van der Waals surface area contributed by atoms with Gasteiger partial charge in [0.15, 0.2) is 23.0 Å². The topological polar surface area (TPSA) is 65.5 Å². The summed E-state index contributed by atoms with van der Waals surface area (Å²) < 4.78 is 22.2. The van der Waals surface area contributed by atoms with Crippen molar-refractivity contribution >= 4 is 71.7 Å². The summed E-state index contributed by atoms with van der Waals surface area (Å²) in [5.74, 6) is 3.52. The largest absolute Gasteiger partial charge is 0.455 e. The molecule has 13 rings (SSSR count). The molecule has 7 heteroatoms. The first kappa shape index (κ1) is 30.4. The van der Waals surface area contributed by atoms with Gasteiger partial charge in [0.25, 0.3) is 0 Å². The Hall–Kier alpha value is -7.90. The summed E-state index contributed by atoms with van der Waals surface area (Å²) in [6.07, 6.45) is 0. The fourth-order valence-electron chi connectivity index (χ4n) is 8.87. The van der Waals surface area contributed by atoms with Gasteiger partial charge in [-0.3, -0.25) is 9.47 Å². The molecule has 0 N–H and O–H groups in total. The fraction of sp³-hybridized carbons (Fsp3) is 0. The molecule has 11 aromatic rings. The molecule has 0 radical (unpaired) electrons. The molecule has 8 aromatic carbocycles. The summed E-state index contributed by atoms with van der Waals surface area (Å²) in [5.41, 5.74) is 11.1. The van der Waals surface area contributed by atoms with Crippen LogP contribution in [0.5, 0.6) is 23.0 Å². The Bertz CT molecular complexity index is 3480. The lowest BCUT2D eigenvalue weighted by Crippen LogP contribution is -2.20. The third-order valence-electron chi connectivity index (χ3n) is 11.4. The Labute approximate surface area is 325 Å². The number of para-hydroxylation sites is 8. The summed E-state index contributed by atoms with van der Waals surface area (Å²) in [7, 11) is 0. The molecule has 0 saturated carbocycles. The van der Waals surface area contributed by atoms with E-state index >= 15 is 0 Å². The molecule has 0 saturated heterocycles. The van der Waals surface area contributed by atoms with Crippen LogP contribution in [-0.4, -0.2) is 14.5 Å². The SMILES string of the molecule is c1ccc2c(c1)Oc1cc3c4ccccc4n(-c4nc(-c5ccc(-c6cccc7c6oc6ccccc67)cc5)c5ccccc5n4)c3c3c1N2c1ccccc1O3. The van der Waals surface area contributed by atoms with Crippen molar-refractivity contribution in [1.82, 2.24) is 14.5 Å². The number of fused-ring (bicyclic) bond motifs is 12. The number of hydrogen-bond donors (Lipinski definition) is 0. The number of rotatable bonds is 3. The van der Waals surface area contributed by atoms with Gasteiger partial charge in [0, 0.05) is 38.1 Å². The van der Waals surface area contributed by atoms with Gasteiger partial charge in [-0.05, 0) is 54.1 Å². The summed E-state index contributed by atoms with van der Waals surface area (Å²) in [6.45, 7) is 0. The Balaban J connectivity index is 1.04. The van der Waals surface area contributed by atoms with Gasteiger partial charge in [0.1, 0.15) is 22.4 Å². The summed E-state index contributed by atoms with van der Waals surface area (Å²) in [5, 5.41) is 5.22. The van der Waals surface area contributed by atoms with E-state index in [9.17, 15) is 0 Å².